The van der Waals surface area contributed by atoms with Gasteiger partial charge in [-0.1, -0.05) is 49.4 Å². The molecule has 1 heterocycles. The third kappa shape index (κ3) is 4.57. The predicted octanol–water partition coefficient (Wildman–Crippen LogP) is 6.01. The highest BCUT2D eigenvalue weighted by Crippen LogP contribution is 2.25. The van der Waals surface area contributed by atoms with Crippen LogP contribution in [0.3, 0.4) is 0 Å². The lowest BCUT2D eigenvalue weighted by Gasteiger charge is -2.30. The summed E-state index contributed by atoms with van der Waals surface area (Å²) in [6.45, 7) is 8.44. The highest BCUT2D eigenvalue weighted by molar-refractivity contribution is 5.89. The van der Waals surface area contributed by atoms with Crippen LogP contribution in [-0.4, -0.2) is 27.0 Å². The average Bonchev–Trinajstić information content (AvgIpc) is 2.83. The second-order valence-electron chi connectivity index (χ2n) is 8.58. The molecule has 0 aliphatic carbocycles. The Morgan fingerprint density at radius 2 is 1.76 bits per heavy atom. The van der Waals surface area contributed by atoms with E-state index in [-0.39, 0.29) is 11.6 Å². The molecule has 174 valence electrons. The van der Waals surface area contributed by atoms with E-state index in [1.807, 2.05) is 94.4 Å². The van der Waals surface area contributed by atoms with E-state index in [1.54, 1.807) is 15.5 Å². The van der Waals surface area contributed by atoms with Crippen molar-refractivity contribution in [3.05, 3.63) is 100 Å². The van der Waals surface area contributed by atoms with Crippen molar-refractivity contribution in [1.29, 1.82) is 0 Å². The number of aromatic nitrogens is 2. The van der Waals surface area contributed by atoms with E-state index < -0.39 is 6.04 Å². The van der Waals surface area contributed by atoms with Crippen molar-refractivity contribution >= 4 is 22.6 Å². The number of carbonyl (C=O) groups is 1. The molecule has 0 radical (unpaired) electrons. The minimum atomic E-state index is -0.443. The van der Waals surface area contributed by atoms with E-state index in [0.717, 1.165) is 28.9 Å². The van der Waals surface area contributed by atoms with Gasteiger partial charge >= 0.3 is 6.03 Å². The van der Waals surface area contributed by atoms with Crippen molar-refractivity contribution in [3.8, 4) is 5.69 Å². The summed E-state index contributed by atoms with van der Waals surface area (Å²) in [7, 11) is 0. The molecule has 2 amide bonds. The number of anilines is 1. The predicted molar refractivity (Wildman–Crippen MR) is 138 cm³/mol. The maximum absolute atomic E-state index is 13.7. The number of carbonyl (C=O) groups excluding carboxylic acids is 1. The first-order valence-corrected chi connectivity index (χ1v) is 11.6. The number of amides is 2. The standard InChI is InChI=1S/C28H30N4O2/c1-5-17-31(28(34)29-22-13-10-11-19(2)18-22)21(4)26-30-24-15-8-7-14-23(24)27(33)32(26)25-16-9-6-12-20(25)3/h6-16,18,21H,5,17H2,1-4H3,(H,29,34). The molecule has 0 aliphatic rings. The van der Waals surface area contributed by atoms with Gasteiger partial charge in [-0.3, -0.25) is 9.36 Å². The molecule has 0 saturated carbocycles. The van der Waals surface area contributed by atoms with Crippen LogP contribution < -0.4 is 10.9 Å². The molecular formula is C28H30N4O2. The Morgan fingerprint density at radius 1 is 1.03 bits per heavy atom. The molecule has 3 aromatic carbocycles. The fraction of sp³-hybridized carbons (Fsp3) is 0.250. The smallest absolute Gasteiger partial charge is 0.315 e. The summed E-state index contributed by atoms with van der Waals surface area (Å²) >= 11 is 0. The summed E-state index contributed by atoms with van der Waals surface area (Å²) in [5.74, 6) is 0.533. The fourth-order valence-corrected chi connectivity index (χ4v) is 4.25. The van der Waals surface area contributed by atoms with Crippen molar-refractivity contribution in [1.82, 2.24) is 14.5 Å². The van der Waals surface area contributed by atoms with E-state index in [0.29, 0.717) is 23.3 Å². The summed E-state index contributed by atoms with van der Waals surface area (Å²) in [6.07, 6.45) is 0.772. The van der Waals surface area contributed by atoms with Gasteiger partial charge in [-0.05, 0) is 68.7 Å². The van der Waals surface area contributed by atoms with Gasteiger partial charge in [0, 0.05) is 12.2 Å². The Morgan fingerprint density at radius 3 is 2.50 bits per heavy atom. The van der Waals surface area contributed by atoms with Gasteiger partial charge in [-0.2, -0.15) is 0 Å². The molecule has 1 atom stereocenters. The van der Waals surface area contributed by atoms with Crippen LogP contribution in [-0.2, 0) is 0 Å². The molecule has 6 heteroatoms. The van der Waals surface area contributed by atoms with Crippen LogP contribution in [0.2, 0.25) is 0 Å². The zero-order valence-electron chi connectivity index (χ0n) is 20.1. The first-order chi connectivity index (χ1) is 16.4. The van der Waals surface area contributed by atoms with E-state index >= 15 is 0 Å². The van der Waals surface area contributed by atoms with Gasteiger partial charge in [0.1, 0.15) is 5.82 Å². The Kier molecular flexibility index (Phi) is 6.77. The lowest BCUT2D eigenvalue weighted by atomic mass is 10.1. The summed E-state index contributed by atoms with van der Waals surface area (Å²) in [5, 5.41) is 3.56. The number of aryl methyl sites for hydroxylation is 2. The second kappa shape index (κ2) is 9.91. The molecule has 1 N–H and O–H groups in total. The number of hydrogen-bond donors (Lipinski definition) is 1. The van der Waals surface area contributed by atoms with Crippen LogP contribution in [0, 0.1) is 13.8 Å². The number of nitrogens with one attached hydrogen (secondary N) is 1. The highest BCUT2D eigenvalue weighted by Gasteiger charge is 2.27. The first kappa shape index (κ1) is 23.2. The van der Waals surface area contributed by atoms with E-state index in [9.17, 15) is 9.59 Å². The van der Waals surface area contributed by atoms with Crippen molar-refractivity contribution in [3.63, 3.8) is 0 Å². The summed E-state index contributed by atoms with van der Waals surface area (Å²) in [4.78, 5) is 33.7. The van der Waals surface area contributed by atoms with Crippen LogP contribution in [0.25, 0.3) is 16.6 Å². The second-order valence-corrected chi connectivity index (χ2v) is 8.58. The molecule has 6 nitrogen and oxygen atoms in total. The lowest BCUT2D eigenvalue weighted by Crippen LogP contribution is -2.40. The molecule has 4 aromatic rings. The Bertz CT molecular complexity index is 1390. The summed E-state index contributed by atoms with van der Waals surface area (Å²) in [6, 6.07) is 22.1. The van der Waals surface area contributed by atoms with Gasteiger partial charge in [-0.15, -0.1) is 0 Å². The Hall–Kier alpha value is -3.93. The minimum Gasteiger partial charge on any atom is -0.315 e. The Balaban J connectivity index is 1.84. The van der Waals surface area contributed by atoms with E-state index in [4.69, 9.17) is 4.98 Å². The Labute approximate surface area is 199 Å². The highest BCUT2D eigenvalue weighted by atomic mass is 16.2. The molecule has 0 spiro atoms. The molecule has 0 fully saturated rings. The van der Waals surface area contributed by atoms with Gasteiger partial charge in [-0.25, -0.2) is 9.78 Å². The van der Waals surface area contributed by atoms with Crippen LogP contribution in [0.4, 0.5) is 10.5 Å². The molecule has 0 bridgehead atoms. The molecular weight excluding hydrogens is 424 g/mol. The number of benzene rings is 3. The van der Waals surface area contributed by atoms with E-state index in [2.05, 4.69) is 5.32 Å². The maximum atomic E-state index is 13.7. The number of urea groups is 1. The lowest BCUT2D eigenvalue weighted by molar-refractivity contribution is 0.189. The molecule has 1 unspecified atom stereocenters. The number of rotatable bonds is 6. The number of fused-ring (bicyclic) bond motifs is 1. The zero-order valence-corrected chi connectivity index (χ0v) is 20.1. The number of hydrogen-bond acceptors (Lipinski definition) is 3. The normalized spacial score (nSPS) is 11.9. The van der Waals surface area contributed by atoms with Gasteiger partial charge < -0.3 is 10.2 Å². The molecule has 34 heavy (non-hydrogen) atoms. The topological polar surface area (TPSA) is 67.2 Å². The van der Waals surface area contributed by atoms with Crippen molar-refractivity contribution in [2.24, 2.45) is 0 Å². The first-order valence-electron chi connectivity index (χ1n) is 11.6. The van der Waals surface area contributed by atoms with Crippen LogP contribution >= 0.6 is 0 Å². The zero-order chi connectivity index (χ0) is 24.2. The minimum absolute atomic E-state index is 0.141. The van der Waals surface area contributed by atoms with Gasteiger partial charge in [0.15, 0.2) is 0 Å². The average molecular weight is 455 g/mol. The number of para-hydroxylation sites is 2. The SMILES string of the molecule is CCCN(C(=O)Nc1cccc(C)c1)C(C)c1nc2ccccc2c(=O)n1-c1ccccc1C. The van der Waals surface area contributed by atoms with Crippen LogP contribution in [0.1, 0.15) is 43.3 Å². The third-order valence-corrected chi connectivity index (χ3v) is 5.99. The van der Waals surface area contributed by atoms with Crippen LogP contribution in [0.5, 0.6) is 0 Å². The molecule has 4 rings (SSSR count). The fourth-order valence-electron chi connectivity index (χ4n) is 4.25. The largest absolute Gasteiger partial charge is 0.322 e. The van der Waals surface area contributed by atoms with Crippen LogP contribution in [0.15, 0.2) is 77.6 Å². The van der Waals surface area contributed by atoms with Gasteiger partial charge in [0.05, 0.1) is 22.6 Å². The molecule has 0 saturated heterocycles. The molecule has 0 aliphatic heterocycles. The quantitative estimate of drug-likeness (QED) is 0.388. The van der Waals surface area contributed by atoms with Crippen molar-refractivity contribution < 1.29 is 4.79 Å². The van der Waals surface area contributed by atoms with Crippen molar-refractivity contribution in [2.45, 2.75) is 40.2 Å². The molecule has 1 aromatic heterocycles. The summed E-state index contributed by atoms with van der Waals surface area (Å²) < 4.78 is 1.66. The maximum Gasteiger partial charge on any atom is 0.322 e. The van der Waals surface area contributed by atoms with Gasteiger partial charge in [0.25, 0.3) is 5.56 Å². The van der Waals surface area contributed by atoms with Gasteiger partial charge in [0.2, 0.25) is 0 Å². The number of nitrogens with zero attached hydrogens (tertiary/aromatic N) is 3. The summed E-state index contributed by atoms with van der Waals surface area (Å²) in [5.41, 5.74) is 4.01. The monoisotopic (exact) mass is 454 g/mol. The third-order valence-electron chi connectivity index (χ3n) is 5.99. The van der Waals surface area contributed by atoms with E-state index in [1.165, 1.54) is 0 Å². The van der Waals surface area contributed by atoms with Crippen molar-refractivity contribution in [2.75, 3.05) is 11.9 Å².